The summed E-state index contributed by atoms with van der Waals surface area (Å²) in [5.41, 5.74) is -1.38. The van der Waals surface area contributed by atoms with E-state index in [4.69, 9.17) is 0 Å². The van der Waals surface area contributed by atoms with Gasteiger partial charge in [-0.2, -0.15) is 13.2 Å². The molecule has 1 aromatic rings. The molecule has 0 atom stereocenters. The van der Waals surface area contributed by atoms with Crippen molar-refractivity contribution in [1.82, 2.24) is 4.98 Å². The number of pyridine rings is 1. The summed E-state index contributed by atoms with van der Waals surface area (Å²) >= 11 is 0. The number of carboxylic acid groups (broad SMARTS) is 1. The van der Waals surface area contributed by atoms with Crippen molar-refractivity contribution in [3.05, 3.63) is 29.6 Å². The van der Waals surface area contributed by atoms with E-state index in [0.717, 1.165) is 12.3 Å². The maximum Gasteiger partial charge on any atom is 1.00 e. The summed E-state index contributed by atoms with van der Waals surface area (Å²) in [4.78, 5) is 13.4. The minimum absolute atomic E-state index is 0. The standard InChI is InChI=1S/C8H6F3NO2.K/c9-8(10,11)6-4-12-2-1-5(6)3-7(13)14;/h1-2,4H,3H2,(H,13,14);/q;+1/p-1. The summed E-state index contributed by atoms with van der Waals surface area (Å²) in [5, 5.41) is 10.1. The number of aromatic nitrogens is 1. The molecule has 0 radical (unpaired) electrons. The van der Waals surface area contributed by atoms with Gasteiger partial charge in [-0.25, -0.2) is 0 Å². The van der Waals surface area contributed by atoms with Gasteiger partial charge < -0.3 is 9.90 Å². The Balaban J connectivity index is 0.00000196. The van der Waals surface area contributed by atoms with Gasteiger partial charge in [-0.15, -0.1) is 0 Å². The van der Waals surface area contributed by atoms with Crippen molar-refractivity contribution in [2.24, 2.45) is 0 Å². The molecule has 0 aromatic carbocycles. The fourth-order valence-corrected chi connectivity index (χ4v) is 0.988. The van der Waals surface area contributed by atoms with E-state index in [2.05, 4.69) is 4.98 Å². The predicted octanol–water partition coefficient (Wildman–Crippen LogP) is -2.60. The maximum absolute atomic E-state index is 12.2. The monoisotopic (exact) mass is 243 g/mol. The van der Waals surface area contributed by atoms with Crippen molar-refractivity contribution in [3.8, 4) is 0 Å². The molecule has 1 rings (SSSR count). The van der Waals surface area contributed by atoms with Crippen molar-refractivity contribution in [3.63, 3.8) is 0 Å². The Morgan fingerprint density at radius 2 is 2.07 bits per heavy atom. The van der Waals surface area contributed by atoms with Crippen molar-refractivity contribution in [1.29, 1.82) is 0 Å². The van der Waals surface area contributed by atoms with Gasteiger partial charge in [-0.3, -0.25) is 4.98 Å². The van der Waals surface area contributed by atoms with Crippen LogP contribution in [0.15, 0.2) is 18.5 Å². The van der Waals surface area contributed by atoms with Crippen molar-refractivity contribution >= 4 is 5.97 Å². The van der Waals surface area contributed by atoms with Gasteiger partial charge >= 0.3 is 57.6 Å². The van der Waals surface area contributed by atoms with Crippen molar-refractivity contribution < 1.29 is 74.5 Å². The quantitative estimate of drug-likeness (QED) is 0.535. The molecule has 0 spiro atoms. The second-order valence-corrected chi connectivity index (χ2v) is 2.58. The van der Waals surface area contributed by atoms with E-state index in [9.17, 15) is 23.1 Å². The molecule has 0 N–H and O–H groups in total. The van der Waals surface area contributed by atoms with Gasteiger partial charge in [0, 0.05) is 24.8 Å². The van der Waals surface area contributed by atoms with Crippen molar-refractivity contribution in [2.45, 2.75) is 12.6 Å². The summed E-state index contributed by atoms with van der Waals surface area (Å²) in [6, 6.07) is 1.01. The van der Waals surface area contributed by atoms with E-state index in [-0.39, 0.29) is 56.9 Å². The third-order valence-electron chi connectivity index (χ3n) is 1.55. The average Bonchev–Trinajstić information content (AvgIpc) is 2.01. The zero-order valence-electron chi connectivity index (χ0n) is 7.84. The minimum atomic E-state index is -4.58. The second-order valence-electron chi connectivity index (χ2n) is 2.58. The van der Waals surface area contributed by atoms with E-state index in [1.54, 1.807) is 0 Å². The Kier molecular flexibility index (Phi) is 5.97. The van der Waals surface area contributed by atoms with Gasteiger partial charge in [0.25, 0.3) is 0 Å². The number of hydrogen-bond acceptors (Lipinski definition) is 3. The second kappa shape index (κ2) is 5.95. The molecule has 1 heterocycles. The van der Waals surface area contributed by atoms with Crippen LogP contribution >= 0.6 is 0 Å². The number of hydrogen-bond donors (Lipinski definition) is 0. The molecule has 0 fully saturated rings. The predicted molar refractivity (Wildman–Crippen MR) is 38.0 cm³/mol. The Morgan fingerprint density at radius 1 is 1.47 bits per heavy atom. The van der Waals surface area contributed by atoms with E-state index >= 15 is 0 Å². The summed E-state index contributed by atoms with van der Waals surface area (Å²) in [6.07, 6.45) is -3.65. The third-order valence-corrected chi connectivity index (χ3v) is 1.55. The maximum atomic E-state index is 12.2. The first kappa shape index (κ1) is 15.0. The van der Waals surface area contributed by atoms with Crippen LogP contribution in [0, 0.1) is 0 Å². The summed E-state index contributed by atoms with van der Waals surface area (Å²) < 4.78 is 36.7. The molecule has 3 nitrogen and oxygen atoms in total. The van der Waals surface area contributed by atoms with Gasteiger partial charge in [0.2, 0.25) is 0 Å². The zero-order chi connectivity index (χ0) is 10.8. The van der Waals surface area contributed by atoms with Crippen LogP contribution in [0.1, 0.15) is 11.1 Å². The molecule has 0 aliphatic heterocycles. The Hall–Kier alpha value is 0.0464. The van der Waals surface area contributed by atoms with Crippen LogP contribution in [0.4, 0.5) is 13.2 Å². The zero-order valence-corrected chi connectivity index (χ0v) is 11.0. The smallest absolute Gasteiger partial charge is 0.550 e. The van der Waals surface area contributed by atoms with Crippen LogP contribution in [0.2, 0.25) is 0 Å². The summed E-state index contributed by atoms with van der Waals surface area (Å²) in [5.74, 6) is -1.55. The van der Waals surface area contributed by atoms with Gasteiger partial charge in [0.15, 0.2) is 0 Å². The number of rotatable bonds is 2. The normalized spacial score (nSPS) is 10.6. The largest absolute Gasteiger partial charge is 1.00 e. The number of aliphatic carboxylic acids is 1. The minimum Gasteiger partial charge on any atom is -0.550 e. The number of alkyl halides is 3. The summed E-state index contributed by atoms with van der Waals surface area (Å²) in [6.45, 7) is 0. The molecule has 76 valence electrons. The van der Waals surface area contributed by atoms with Gasteiger partial charge in [-0.1, -0.05) is 0 Å². The number of carbonyl (C=O) groups excluding carboxylic acids is 1. The topological polar surface area (TPSA) is 53.0 Å². The molecule has 15 heavy (non-hydrogen) atoms. The van der Waals surface area contributed by atoms with E-state index in [1.165, 1.54) is 0 Å². The molecule has 0 bridgehead atoms. The van der Waals surface area contributed by atoms with Gasteiger partial charge in [-0.05, 0) is 11.6 Å². The number of carboxylic acids is 1. The molecule has 0 saturated carbocycles. The van der Waals surface area contributed by atoms with Crippen LogP contribution in [0.5, 0.6) is 0 Å². The van der Waals surface area contributed by atoms with E-state index in [0.29, 0.717) is 6.20 Å². The molecule has 0 saturated heterocycles. The molecule has 1 aromatic heterocycles. The first-order valence-electron chi connectivity index (χ1n) is 3.61. The fraction of sp³-hybridized carbons (Fsp3) is 0.250. The Bertz CT molecular complexity index is 354. The van der Waals surface area contributed by atoms with E-state index < -0.39 is 24.1 Å². The SMILES string of the molecule is O=C([O-])Cc1ccncc1C(F)(F)F.[K+]. The Labute approximate surface area is 126 Å². The molecule has 0 aliphatic carbocycles. The van der Waals surface area contributed by atoms with Gasteiger partial charge in [0.05, 0.1) is 5.56 Å². The van der Waals surface area contributed by atoms with Gasteiger partial charge in [0.1, 0.15) is 0 Å². The molecule has 0 aliphatic rings. The average molecular weight is 243 g/mol. The molecule has 0 unspecified atom stereocenters. The number of carbonyl (C=O) groups is 1. The van der Waals surface area contributed by atoms with Crippen molar-refractivity contribution in [2.75, 3.05) is 0 Å². The van der Waals surface area contributed by atoms with E-state index in [1.807, 2.05) is 0 Å². The Morgan fingerprint density at radius 3 is 2.53 bits per heavy atom. The van der Waals surface area contributed by atoms with Crippen LogP contribution < -0.4 is 56.5 Å². The first-order chi connectivity index (χ1) is 6.41. The number of nitrogens with zero attached hydrogens (tertiary/aromatic N) is 1. The number of halogens is 3. The van der Waals surface area contributed by atoms with Crippen LogP contribution in [-0.2, 0) is 17.4 Å². The molecule has 0 amide bonds. The van der Waals surface area contributed by atoms with Crippen LogP contribution in [0.3, 0.4) is 0 Å². The molecular formula is C8H5F3KNO2. The molecule has 7 heteroatoms. The van der Waals surface area contributed by atoms with Crippen LogP contribution in [-0.4, -0.2) is 11.0 Å². The first-order valence-corrected chi connectivity index (χ1v) is 3.61. The van der Waals surface area contributed by atoms with Crippen LogP contribution in [0.25, 0.3) is 0 Å². The summed E-state index contributed by atoms with van der Waals surface area (Å²) in [7, 11) is 0. The fourth-order valence-electron chi connectivity index (χ4n) is 0.988. The third kappa shape index (κ3) is 4.60. The molecular weight excluding hydrogens is 238 g/mol.